The first kappa shape index (κ1) is 21.0. The van der Waals surface area contributed by atoms with Gasteiger partial charge in [-0.15, -0.1) is 0 Å². The molecule has 29 heavy (non-hydrogen) atoms. The maximum atomic E-state index is 10.2. The van der Waals surface area contributed by atoms with Crippen LogP contribution in [0.1, 0.15) is 78.6 Å². The van der Waals surface area contributed by atoms with Crippen molar-refractivity contribution in [2.45, 2.75) is 84.7 Å². The van der Waals surface area contributed by atoms with E-state index in [1.54, 1.807) is 0 Å². The van der Waals surface area contributed by atoms with Crippen molar-refractivity contribution in [1.82, 2.24) is 0 Å². The van der Waals surface area contributed by atoms with Crippen LogP contribution in [0.2, 0.25) is 0 Å². The normalized spacial score (nSPS) is 46.4. The lowest BCUT2D eigenvalue weighted by Crippen LogP contribution is -2.54. The summed E-state index contributed by atoms with van der Waals surface area (Å²) in [5.41, 5.74) is 3.15. The summed E-state index contributed by atoms with van der Waals surface area (Å²) in [6.07, 6.45) is 16.7. The zero-order valence-electron chi connectivity index (χ0n) is 18.7. The van der Waals surface area contributed by atoms with Crippen molar-refractivity contribution < 1.29 is 5.11 Å². The fourth-order valence-electron chi connectivity index (χ4n) is 7.79. The Labute approximate surface area is 177 Å². The van der Waals surface area contributed by atoms with Crippen LogP contribution in [0.15, 0.2) is 34.9 Å². The average molecular weight is 397 g/mol. The van der Waals surface area contributed by atoms with E-state index in [2.05, 4.69) is 25.4 Å². The van der Waals surface area contributed by atoms with Crippen LogP contribution in [0.3, 0.4) is 0 Å². The number of fused-ring (bicyclic) bond motifs is 5. The van der Waals surface area contributed by atoms with Gasteiger partial charge >= 0.3 is 0 Å². The second-order valence-electron chi connectivity index (χ2n) is 10.6. The van der Waals surface area contributed by atoms with Crippen molar-refractivity contribution in [2.24, 2.45) is 44.5 Å². The number of hydrogen-bond acceptors (Lipinski definition) is 3. The molecule has 7 unspecified atom stereocenters. The number of nitrogens with zero attached hydrogens (tertiary/aromatic N) is 2. The first-order chi connectivity index (χ1) is 13.9. The van der Waals surface area contributed by atoms with Crippen LogP contribution in [0.4, 0.5) is 0 Å². The highest BCUT2D eigenvalue weighted by Gasteiger charge is 2.59. The summed E-state index contributed by atoms with van der Waals surface area (Å²) in [5, 5.41) is 10.2. The molecule has 3 heteroatoms. The molecule has 0 saturated heterocycles. The van der Waals surface area contributed by atoms with E-state index in [1.165, 1.54) is 44.2 Å². The molecule has 0 heterocycles. The van der Waals surface area contributed by atoms with E-state index in [9.17, 15) is 5.11 Å². The summed E-state index contributed by atoms with van der Waals surface area (Å²) in [5.74, 6) is 3.24. The molecule has 0 aromatic carbocycles. The first-order valence-corrected chi connectivity index (χ1v) is 11.9. The predicted octanol–water partition coefficient (Wildman–Crippen LogP) is 5.99. The fraction of sp³-hybridized carbons (Fsp3) is 0.769. The van der Waals surface area contributed by atoms with Crippen LogP contribution in [-0.2, 0) is 0 Å². The van der Waals surface area contributed by atoms with Crippen molar-refractivity contribution >= 4 is 11.4 Å². The third kappa shape index (κ3) is 3.58. The summed E-state index contributed by atoms with van der Waals surface area (Å²) in [7, 11) is 0. The van der Waals surface area contributed by atoms with E-state index in [4.69, 9.17) is 4.99 Å². The van der Waals surface area contributed by atoms with Crippen molar-refractivity contribution in [3.05, 3.63) is 24.9 Å². The van der Waals surface area contributed by atoms with E-state index in [0.717, 1.165) is 48.6 Å². The Kier molecular flexibility index (Phi) is 5.90. The average Bonchev–Trinajstić information content (AvgIpc) is 3.05. The number of aliphatic hydroxyl groups excluding tert-OH is 1. The summed E-state index contributed by atoms with van der Waals surface area (Å²) < 4.78 is 0. The lowest BCUT2D eigenvalue weighted by atomic mass is 9.45. The highest BCUT2D eigenvalue weighted by molar-refractivity contribution is 5.99. The molecule has 4 fully saturated rings. The minimum Gasteiger partial charge on any atom is -0.393 e. The van der Waals surface area contributed by atoms with Crippen LogP contribution in [-0.4, -0.2) is 29.2 Å². The lowest BCUT2D eigenvalue weighted by molar-refractivity contribution is -0.113. The topological polar surface area (TPSA) is 45.0 Å². The molecule has 0 aliphatic heterocycles. The van der Waals surface area contributed by atoms with Gasteiger partial charge in [0.05, 0.1) is 18.4 Å². The molecular formula is C26H40N2O. The lowest BCUT2D eigenvalue weighted by Gasteiger charge is -2.60. The second kappa shape index (κ2) is 8.13. The van der Waals surface area contributed by atoms with Crippen LogP contribution < -0.4 is 0 Å². The highest BCUT2D eigenvalue weighted by Crippen LogP contribution is 2.65. The molecule has 4 saturated carbocycles. The van der Waals surface area contributed by atoms with Gasteiger partial charge in [-0.25, -0.2) is 0 Å². The van der Waals surface area contributed by atoms with Gasteiger partial charge in [0.15, 0.2) is 0 Å². The SMILES string of the molecule is C=CC(CN=C1CCC2C3CCC4CC(O)CCC4(C)C3CCC12C)=N/C=C\C. The molecule has 0 radical (unpaired) electrons. The largest absolute Gasteiger partial charge is 0.393 e. The molecule has 0 bridgehead atoms. The minimum absolute atomic E-state index is 0.0491. The molecular weight excluding hydrogens is 356 g/mol. The molecule has 0 aromatic rings. The third-order valence-corrected chi connectivity index (χ3v) is 9.44. The molecule has 4 aliphatic carbocycles. The van der Waals surface area contributed by atoms with Crippen LogP contribution in [0, 0.1) is 34.5 Å². The molecule has 3 nitrogen and oxygen atoms in total. The number of aliphatic hydroxyl groups is 1. The van der Waals surface area contributed by atoms with E-state index < -0.39 is 0 Å². The molecule has 0 amide bonds. The van der Waals surface area contributed by atoms with Gasteiger partial charge < -0.3 is 5.11 Å². The predicted molar refractivity (Wildman–Crippen MR) is 122 cm³/mol. The van der Waals surface area contributed by atoms with Gasteiger partial charge in [0.2, 0.25) is 0 Å². The maximum Gasteiger partial charge on any atom is 0.0811 e. The Morgan fingerprint density at radius 1 is 1.14 bits per heavy atom. The Balaban J connectivity index is 1.53. The molecule has 4 rings (SSSR count). The highest BCUT2D eigenvalue weighted by atomic mass is 16.3. The van der Waals surface area contributed by atoms with Gasteiger partial charge in [-0.3, -0.25) is 9.98 Å². The molecule has 0 aromatic heterocycles. The number of allylic oxidation sites excluding steroid dienone is 1. The summed E-state index contributed by atoms with van der Waals surface area (Å²) in [4.78, 5) is 9.56. The molecule has 4 aliphatic rings. The van der Waals surface area contributed by atoms with Crippen molar-refractivity contribution in [3.8, 4) is 0 Å². The van der Waals surface area contributed by atoms with Gasteiger partial charge in [-0.2, -0.15) is 0 Å². The van der Waals surface area contributed by atoms with Crippen molar-refractivity contribution in [2.75, 3.05) is 6.54 Å². The minimum atomic E-state index is -0.0491. The van der Waals surface area contributed by atoms with Gasteiger partial charge in [-0.1, -0.05) is 26.5 Å². The monoisotopic (exact) mass is 396 g/mol. The van der Waals surface area contributed by atoms with Crippen molar-refractivity contribution in [1.29, 1.82) is 0 Å². The zero-order valence-corrected chi connectivity index (χ0v) is 18.7. The van der Waals surface area contributed by atoms with E-state index >= 15 is 0 Å². The Morgan fingerprint density at radius 3 is 2.72 bits per heavy atom. The van der Waals surface area contributed by atoms with E-state index in [1.807, 2.05) is 25.3 Å². The maximum absolute atomic E-state index is 10.2. The van der Waals surface area contributed by atoms with E-state index in [0.29, 0.717) is 12.0 Å². The van der Waals surface area contributed by atoms with Crippen molar-refractivity contribution in [3.63, 3.8) is 0 Å². The quantitative estimate of drug-likeness (QED) is 0.583. The standard InChI is InChI=1S/C26H40N2O/c1-5-15-27-19(6-2)17-28-24-10-9-22-21-8-7-18-16-20(29)11-13-25(18,3)23(21)12-14-26(22,24)4/h5-6,15,18,20-23,29H,2,7-14,16-17H2,1,3-4H3/b15-5-,27-19?,28-24?. The Hall–Kier alpha value is -1.22. The fourth-order valence-corrected chi connectivity index (χ4v) is 7.79. The van der Waals surface area contributed by atoms with Crippen LogP contribution >= 0.6 is 0 Å². The molecule has 160 valence electrons. The number of hydrogen-bond donors (Lipinski definition) is 1. The van der Waals surface area contributed by atoms with E-state index in [-0.39, 0.29) is 11.5 Å². The summed E-state index contributed by atoms with van der Waals surface area (Å²) in [6, 6.07) is 0. The molecule has 7 atom stereocenters. The smallest absolute Gasteiger partial charge is 0.0811 e. The number of aliphatic imine (C=N–C) groups is 2. The van der Waals surface area contributed by atoms with Crippen LogP contribution in [0.25, 0.3) is 0 Å². The zero-order chi connectivity index (χ0) is 20.6. The van der Waals surface area contributed by atoms with Gasteiger partial charge in [-0.05, 0) is 99.9 Å². The van der Waals surface area contributed by atoms with Crippen LogP contribution in [0.5, 0.6) is 0 Å². The van der Waals surface area contributed by atoms with Gasteiger partial charge in [0, 0.05) is 17.3 Å². The first-order valence-electron chi connectivity index (χ1n) is 11.9. The summed E-state index contributed by atoms with van der Waals surface area (Å²) in [6.45, 7) is 11.6. The Morgan fingerprint density at radius 2 is 1.97 bits per heavy atom. The summed E-state index contributed by atoms with van der Waals surface area (Å²) >= 11 is 0. The Bertz CT molecular complexity index is 722. The van der Waals surface area contributed by atoms with Gasteiger partial charge in [0.25, 0.3) is 0 Å². The number of rotatable bonds is 4. The molecule has 0 spiro atoms. The second-order valence-corrected chi connectivity index (χ2v) is 10.6. The molecule has 1 N–H and O–H groups in total. The third-order valence-electron chi connectivity index (χ3n) is 9.44. The van der Waals surface area contributed by atoms with Gasteiger partial charge in [0.1, 0.15) is 0 Å².